The van der Waals surface area contributed by atoms with E-state index in [4.69, 9.17) is 5.73 Å². The van der Waals surface area contributed by atoms with Crippen LogP contribution in [0.4, 0.5) is 0 Å². The van der Waals surface area contributed by atoms with Crippen LogP contribution in [0, 0.1) is 0 Å². The minimum absolute atomic E-state index is 0.818. The maximum atomic E-state index is 5.28. The Hall–Kier alpha value is 0.660. The first-order valence-electron chi connectivity index (χ1n) is 2.68. The summed E-state index contributed by atoms with van der Waals surface area (Å²) in [6.07, 6.45) is 2.13. The van der Waals surface area contributed by atoms with Gasteiger partial charge in [0.2, 0.25) is 0 Å². The minimum Gasteiger partial charge on any atom is -0.330 e. The monoisotopic (exact) mass is 151 g/mol. The number of nitrogens with two attached hydrogens (primary N) is 1. The van der Waals surface area contributed by atoms with Crippen LogP contribution < -0.4 is 5.73 Å². The van der Waals surface area contributed by atoms with Crippen molar-refractivity contribution in [1.29, 1.82) is 0 Å². The van der Waals surface area contributed by atoms with Gasteiger partial charge in [-0.25, -0.2) is 0 Å². The molecule has 0 unspecified atom stereocenters. The molecular weight excluding hydrogens is 138 g/mol. The van der Waals surface area contributed by atoms with Gasteiger partial charge in [-0.15, -0.1) is 0 Å². The van der Waals surface area contributed by atoms with Gasteiger partial charge in [-0.3, -0.25) is 0 Å². The highest BCUT2D eigenvalue weighted by molar-refractivity contribution is 8.02. The van der Waals surface area contributed by atoms with E-state index in [1.165, 1.54) is 11.5 Å². The normalized spacial score (nSPS) is 9.75. The van der Waals surface area contributed by atoms with Gasteiger partial charge in [-0.05, 0) is 6.26 Å². The zero-order valence-electron chi connectivity index (χ0n) is 5.22. The van der Waals surface area contributed by atoms with Crippen LogP contribution in [0.25, 0.3) is 0 Å². The van der Waals surface area contributed by atoms with Crippen LogP contribution in [0.1, 0.15) is 0 Å². The van der Waals surface area contributed by atoms with Crippen molar-refractivity contribution in [3.05, 3.63) is 0 Å². The third kappa shape index (κ3) is 6.66. The van der Waals surface area contributed by atoms with Gasteiger partial charge in [-0.2, -0.15) is 23.5 Å². The molecule has 0 saturated heterocycles. The van der Waals surface area contributed by atoms with E-state index in [2.05, 4.69) is 6.26 Å². The summed E-state index contributed by atoms with van der Waals surface area (Å²) in [5.74, 6) is 3.61. The zero-order chi connectivity index (χ0) is 6.24. The zero-order valence-corrected chi connectivity index (χ0v) is 6.86. The van der Waals surface area contributed by atoms with Gasteiger partial charge in [-0.1, -0.05) is 0 Å². The Balaban J connectivity index is 2.53. The van der Waals surface area contributed by atoms with Crippen LogP contribution >= 0.6 is 23.5 Å². The highest BCUT2D eigenvalue weighted by Gasteiger charge is 1.83. The Bertz CT molecular complexity index is 35.4. The van der Waals surface area contributed by atoms with E-state index in [9.17, 15) is 0 Å². The fraction of sp³-hybridized carbons (Fsp3) is 1.00. The summed E-state index contributed by atoms with van der Waals surface area (Å²) in [5, 5.41) is 0. The molecule has 0 fully saturated rings. The molecule has 3 heteroatoms. The Labute approximate surface area is 59.8 Å². The summed E-state index contributed by atoms with van der Waals surface area (Å²) >= 11 is 3.82. The molecule has 50 valence electrons. The van der Waals surface area contributed by atoms with Gasteiger partial charge >= 0.3 is 0 Å². The van der Waals surface area contributed by atoms with Crippen molar-refractivity contribution in [2.75, 3.05) is 30.1 Å². The molecule has 0 atom stereocenters. The predicted molar refractivity (Wildman–Crippen MR) is 44.8 cm³/mol. The van der Waals surface area contributed by atoms with Crippen molar-refractivity contribution in [2.45, 2.75) is 0 Å². The van der Waals surface area contributed by atoms with Gasteiger partial charge < -0.3 is 5.73 Å². The largest absolute Gasteiger partial charge is 0.330 e. The summed E-state index contributed by atoms with van der Waals surface area (Å²) in [6.45, 7) is 0.818. The summed E-state index contributed by atoms with van der Waals surface area (Å²) in [7, 11) is 0. The SMILES string of the molecule is CSCCSCCN. The van der Waals surface area contributed by atoms with Crippen LogP contribution in [0.15, 0.2) is 0 Å². The summed E-state index contributed by atoms with van der Waals surface area (Å²) in [4.78, 5) is 0. The third-order valence-electron chi connectivity index (χ3n) is 0.694. The maximum Gasteiger partial charge on any atom is 0.00561 e. The topological polar surface area (TPSA) is 26.0 Å². The van der Waals surface area contributed by atoms with Crippen molar-refractivity contribution in [3.63, 3.8) is 0 Å². The Morgan fingerprint density at radius 1 is 1.25 bits per heavy atom. The van der Waals surface area contributed by atoms with Crippen molar-refractivity contribution >= 4 is 23.5 Å². The fourth-order valence-electron chi connectivity index (χ4n) is 0.328. The van der Waals surface area contributed by atoms with Crippen molar-refractivity contribution in [3.8, 4) is 0 Å². The molecule has 8 heavy (non-hydrogen) atoms. The molecule has 0 rings (SSSR count). The van der Waals surface area contributed by atoms with E-state index in [-0.39, 0.29) is 0 Å². The Morgan fingerprint density at radius 3 is 2.50 bits per heavy atom. The summed E-state index contributed by atoms with van der Waals surface area (Å²) < 4.78 is 0. The number of hydrogen-bond donors (Lipinski definition) is 1. The van der Waals surface area contributed by atoms with Crippen LogP contribution in [-0.2, 0) is 0 Å². The summed E-state index contributed by atoms with van der Waals surface area (Å²) in [6, 6.07) is 0. The van der Waals surface area contributed by atoms with E-state index in [1.54, 1.807) is 0 Å². The molecule has 0 amide bonds. The molecule has 0 heterocycles. The molecule has 0 saturated carbocycles. The van der Waals surface area contributed by atoms with E-state index >= 15 is 0 Å². The van der Waals surface area contributed by atoms with E-state index in [0.717, 1.165) is 12.3 Å². The first-order chi connectivity index (χ1) is 3.91. The van der Waals surface area contributed by atoms with Crippen molar-refractivity contribution in [1.82, 2.24) is 0 Å². The number of rotatable bonds is 5. The lowest BCUT2D eigenvalue weighted by atomic mass is 10.8. The predicted octanol–water partition coefficient (Wildman–Crippen LogP) is 1.04. The number of thioether (sulfide) groups is 2. The van der Waals surface area contributed by atoms with Crippen LogP contribution in [0.3, 0.4) is 0 Å². The van der Waals surface area contributed by atoms with Crippen molar-refractivity contribution < 1.29 is 0 Å². The minimum atomic E-state index is 0.818. The molecule has 0 aliphatic carbocycles. The van der Waals surface area contributed by atoms with E-state index in [1.807, 2.05) is 23.5 Å². The molecule has 2 N–H and O–H groups in total. The Morgan fingerprint density at radius 2 is 2.00 bits per heavy atom. The molecule has 0 spiro atoms. The van der Waals surface area contributed by atoms with Crippen LogP contribution in [0.5, 0.6) is 0 Å². The molecule has 0 aromatic heterocycles. The quantitative estimate of drug-likeness (QED) is 0.595. The van der Waals surface area contributed by atoms with Gasteiger partial charge in [0.15, 0.2) is 0 Å². The second-order valence-corrected chi connectivity index (χ2v) is 3.60. The van der Waals surface area contributed by atoms with Crippen LogP contribution in [-0.4, -0.2) is 30.1 Å². The average Bonchev–Trinajstić information content (AvgIpc) is 1.81. The highest BCUT2D eigenvalue weighted by Crippen LogP contribution is 2.01. The highest BCUT2D eigenvalue weighted by atomic mass is 32.2. The lowest BCUT2D eigenvalue weighted by molar-refractivity contribution is 1.15. The first kappa shape index (κ1) is 8.66. The van der Waals surface area contributed by atoms with E-state index in [0.29, 0.717) is 0 Å². The fourth-order valence-corrected chi connectivity index (χ4v) is 1.84. The molecular formula is C5H13NS2. The van der Waals surface area contributed by atoms with Crippen LogP contribution in [0.2, 0.25) is 0 Å². The van der Waals surface area contributed by atoms with Gasteiger partial charge in [0, 0.05) is 23.8 Å². The number of hydrogen-bond acceptors (Lipinski definition) is 3. The van der Waals surface area contributed by atoms with E-state index < -0.39 is 0 Å². The molecule has 0 radical (unpaired) electrons. The molecule has 0 aromatic carbocycles. The molecule has 1 nitrogen and oxygen atoms in total. The maximum absolute atomic E-state index is 5.28. The smallest absolute Gasteiger partial charge is 0.00561 e. The third-order valence-corrected chi connectivity index (χ3v) is 2.58. The molecule has 0 aliphatic heterocycles. The van der Waals surface area contributed by atoms with Gasteiger partial charge in [0.1, 0.15) is 0 Å². The standard InChI is InChI=1S/C5H13NS2/c1-7-4-5-8-3-2-6/h2-6H2,1H3. The Kier molecular flexibility index (Phi) is 8.29. The van der Waals surface area contributed by atoms with Gasteiger partial charge in [0.05, 0.1) is 0 Å². The second-order valence-electron chi connectivity index (χ2n) is 1.39. The lowest BCUT2D eigenvalue weighted by Gasteiger charge is -1.94. The molecule has 0 aromatic rings. The second kappa shape index (κ2) is 7.66. The molecule has 0 bridgehead atoms. The lowest BCUT2D eigenvalue weighted by Crippen LogP contribution is -2.02. The summed E-state index contributed by atoms with van der Waals surface area (Å²) in [5.41, 5.74) is 5.28. The first-order valence-corrected chi connectivity index (χ1v) is 5.23. The van der Waals surface area contributed by atoms with Crippen molar-refractivity contribution in [2.24, 2.45) is 5.73 Å². The molecule has 0 aliphatic rings. The van der Waals surface area contributed by atoms with Gasteiger partial charge in [0.25, 0.3) is 0 Å². The average molecular weight is 151 g/mol.